The highest BCUT2D eigenvalue weighted by Gasteiger charge is 2.21. The Morgan fingerprint density at radius 2 is 1.64 bits per heavy atom. The molecule has 1 atom stereocenters. The van der Waals surface area contributed by atoms with Gasteiger partial charge in [-0.2, -0.15) is 0 Å². The molecule has 0 saturated carbocycles. The molecule has 0 radical (unpaired) electrons. The van der Waals surface area contributed by atoms with Crippen molar-refractivity contribution in [3.05, 3.63) is 68.4 Å². The van der Waals surface area contributed by atoms with Crippen LogP contribution in [0.2, 0.25) is 0 Å². The molecule has 1 aromatic heterocycles. The molecule has 11 heteroatoms. The van der Waals surface area contributed by atoms with E-state index in [1.807, 2.05) is 13.8 Å². The van der Waals surface area contributed by atoms with Crippen molar-refractivity contribution in [2.45, 2.75) is 39.4 Å². The summed E-state index contributed by atoms with van der Waals surface area (Å²) in [6, 6.07) is 9.79. The Hall–Kier alpha value is -4.12. The van der Waals surface area contributed by atoms with Crippen molar-refractivity contribution in [1.29, 1.82) is 0 Å². The highest BCUT2D eigenvalue weighted by molar-refractivity contribution is 5.94. The van der Waals surface area contributed by atoms with Crippen LogP contribution >= 0.6 is 0 Å². The quantitative estimate of drug-likeness (QED) is 0.439. The van der Waals surface area contributed by atoms with E-state index in [9.17, 15) is 19.2 Å². The van der Waals surface area contributed by atoms with Gasteiger partial charge in [-0.25, -0.2) is 4.79 Å². The minimum Gasteiger partial charge on any atom is -0.493 e. The molecular formula is C28H34N4O7. The predicted molar refractivity (Wildman–Crippen MR) is 146 cm³/mol. The summed E-state index contributed by atoms with van der Waals surface area (Å²) < 4.78 is 18.4. The van der Waals surface area contributed by atoms with Gasteiger partial charge in [0, 0.05) is 30.8 Å². The van der Waals surface area contributed by atoms with Crippen molar-refractivity contribution in [3.8, 4) is 11.5 Å². The number of nitrogens with zero attached hydrogens (tertiary/aromatic N) is 3. The van der Waals surface area contributed by atoms with E-state index in [0.717, 1.165) is 11.0 Å². The van der Waals surface area contributed by atoms with Gasteiger partial charge in [0.1, 0.15) is 6.54 Å². The molecule has 4 rings (SSSR count). The summed E-state index contributed by atoms with van der Waals surface area (Å²) in [4.78, 5) is 54.5. The second kappa shape index (κ2) is 12.2. The fourth-order valence-corrected chi connectivity index (χ4v) is 4.49. The number of nitrogens with one attached hydrogen (secondary N) is 1. The maximum absolute atomic E-state index is 13.6. The fourth-order valence-electron chi connectivity index (χ4n) is 4.49. The Morgan fingerprint density at radius 3 is 2.26 bits per heavy atom. The first-order valence-electron chi connectivity index (χ1n) is 12.9. The molecule has 3 aromatic rings. The van der Waals surface area contributed by atoms with Gasteiger partial charge in [-0.15, -0.1) is 0 Å². The Bertz CT molecular complexity index is 1470. The average molecular weight is 539 g/mol. The average Bonchev–Trinajstić information content (AvgIpc) is 2.97. The molecule has 0 spiro atoms. The van der Waals surface area contributed by atoms with Crippen molar-refractivity contribution >= 4 is 22.7 Å². The molecule has 2 aromatic carbocycles. The number of fused-ring (bicyclic) bond motifs is 1. The molecule has 1 aliphatic rings. The maximum Gasteiger partial charge on any atom is 0.332 e. The SMILES string of the molecule is CC[C@@H](C)NC(=O)Cn1c(=O)n(Cc2ccc(C(=O)N3CCOCC3)cc2)c(=O)c2cc(OC)c(OC)cc21. The van der Waals surface area contributed by atoms with Gasteiger partial charge in [0.15, 0.2) is 11.5 Å². The van der Waals surface area contributed by atoms with E-state index in [4.69, 9.17) is 14.2 Å². The summed E-state index contributed by atoms with van der Waals surface area (Å²) in [5, 5.41) is 3.07. The van der Waals surface area contributed by atoms with Gasteiger partial charge in [-0.3, -0.25) is 23.5 Å². The first-order chi connectivity index (χ1) is 18.8. The van der Waals surface area contributed by atoms with Gasteiger partial charge in [-0.05, 0) is 37.1 Å². The molecule has 1 aliphatic heterocycles. The molecule has 1 saturated heterocycles. The zero-order chi connectivity index (χ0) is 28.1. The minimum atomic E-state index is -0.632. The van der Waals surface area contributed by atoms with Crippen LogP contribution in [0.1, 0.15) is 36.2 Å². The van der Waals surface area contributed by atoms with Gasteiger partial charge in [0.05, 0.1) is 44.9 Å². The number of morpholine rings is 1. The molecule has 1 N–H and O–H groups in total. The number of rotatable bonds is 9. The van der Waals surface area contributed by atoms with Crippen molar-refractivity contribution in [2.24, 2.45) is 0 Å². The molecule has 0 unspecified atom stereocenters. The van der Waals surface area contributed by atoms with E-state index in [0.29, 0.717) is 48.9 Å². The number of amides is 2. The normalized spacial score (nSPS) is 14.2. The molecule has 39 heavy (non-hydrogen) atoms. The van der Waals surface area contributed by atoms with Crippen LogP contribution in [0.15, 0.2) is 46.0 Å². The number of ether oxygens (including phenoxy) is 3. The molecular weight excluding hydrogens is 504 g/mol. The Morgan fingerprint density at radius 1 is 1.00 bits per heavy atom. The topological polar surface area (TPSA) is 121 Å². The number of hydrogen-bond donors (Lipinski definition) is 1. The number of hydrogen-bond acceptors (Lipinski definition) is 7. The lowest BCUT2D eigenvalue weighted by molar-refractivity contribution is -0.122. The Balaban J connectivity index is 1.74. The van der Waals surface area contributed by atoms with Crippen LogP contribution in [0, 0.1) is 0 Å². The molecule has 0 aliphatic carbocycles. The van der Waals surface area contributed by atoms with E-state index in [1.165, 1.54) is 30.9 Å². The van der Waals surface area contributed by atoms with Gasteiger partial charge in [0.25, 0.3) is 11.5 Å². The summed E-state index contributed by atoms with van der Waals surface area (Å²) in [6.07, 6.45) is 0.732. The largest absolute Gasteiger partial charge is 0.493 e. The summed E-state index contributed by atoms with van der Waals surface area (Å²) in [7, 11) is 2.91. The number of methoxy groups -OCH3 is 2. The molecule has 2 heterocycles. The zero-order valence-electron chi connectivity index (χ0n) is 22.7. The smallest absolute Gasteiger partial charge is 0.332 e. The lowest BCUT2D eigenvalue weighted by Crippen LogP contribution is -2.44. The number of carbonyl (C=O) groups is 2. The molecule has 1 fully saturated rings. The second-order valence-electron chi connectivity index (χ2n) is 9.46. The monoisotopic (exact) mass is 538 g/mol. The van der Waals surface area contributed by atoms with Crippen molar-refractivity contribution in [1.82, 2.24) is 19.4 Å². The third-order valence-corrected chi connectivity index (χ3v) is 6.89. The van der Waals surface area contributed by atoms with Crippen molar-refractivity contribution in [3.63, 3.8) is 0 Å². The van der Waals surface area contributed by atoms with Crippen LogP contribution < -0.4 is 26.0 Å². The van der Waals surface area contributed by atoms with Crippen LogP contribution in [0.4, 0.5) is 0 Å². The summed E-state index contributed by atoms with van der Waals surface area (Å²) in [5.41, 5.74) is 0.283. The van der Waals surface area contributed by atoms with E-state index >= 15 is 0 Å². The summed E-state index contributed by atoms with van der Waals surface area (Å²) in [6.45, 7) is 5.59. The van der Waals surface area contributed by atoms with Crippen molar-refractivity contribution in [2.75, 3.05) is 40.5 Å². The molecule has 208 valence electrons. The Kier molecular flexibility index (Phi) is 8.70. The highest BCUT2D eigenvalue weighted by atomic mass is 16.5. The van der Waals surface area contributed by atoms with Crippen LogP contribution in [-0.4, -0.2) is 72.4 Å². The Labute approximate surface area is 225 Å². The van der Waals surface area contributed by atoms with Crippen LogP contribution in [0.3, 0.4) is 0 Å². The van der Waals surface area contributed by atoms with E-state index < -0.39 is 11.2 Å². The first-order valence-corrected chi connectivity index (χ1v) is 12.9. The van der Waals surface area contributed by atoms with E-state index in [2.05, 4.69) is 5.32 Å². The van der Waals surface area contributed by atoms with E-state index in [-0.39, 0.29) is 41.8 Å². The van der Waals surface area contributed by atoms with Gasteiger partial charge in [-0.1, -0.05) is 19.1 Å². The highest BCUT2D eigenvalue weighted by Crippen LogP contribution is 2.30. The van der Waals surface area contributed by atoms with E-state index in [1.54, 1.807) is 29.2 Å². The maximum atomic E-state index is 13.6. The fraction of sp³-hybridized carbons (Fsp3) is 0.429. The number of carbonyl (C=O) groups excluding carboxylic acids is 2. The summed E-state index contributed by atoms with van der Waals surface area (Å²) >= 11 is 0. The summed E-state index contributed by atoms with van der Waals surface area (Å²) in [5.74, 6) is 0.217. The third-order valence-electron chi connectivity index (χ3n) is 6.89. The molecule has 2 amide bonds. The first kappa shape index (κ1) is 27.9. The van der Waals surface area contributed by atoms with Crippen molar-refractivity contribution < 1.29 is 23.8 Å². The lowest BCUT2D eigenvalue weighted by Gasteiger charge is -2.26. The minimum absolute atomic E-state index is 0.0407. The van der Waals surface area contributed by atoms with Gasteiger partial charge in [0.2, 0.25) is 5.91 Å². The van der Waals surface area contributed by atoms with Gasteiger partial charge >= 0.3 is 5.69 Å². The predicted octanol–water partition coefficient (Wildman–Crippen LogP) is 1.62. The van der Waals surface area contributed by atoms with Crippen LogP contribution in [0.25, 0.3) is 10.9 Å². The van der Waals surface area contributed by atoms with Crippen LogP contribution in [0.5, 0.6) is 11.5 Å². The van der Waals surface area contributed by atoms with Gasteiger partial charge < -0.3 is 24.4 Å². The zero-order valence-corrected chi connectivity index (χ0v) is 22.7. The lowest BCUT2D eigenvalue weighted by atomic mass is 10.1. The molecule has 11 nitrogen and oxygen atoms in total. The second-order valence-corrected chi connectivity index (χ2v) is 9.46. The molecule has 0 bridgehead atoms. The van der Waals surface area contributed by atoms with Crippen LogP contribution in [-0.2, 0) is 22.6 Å². The third kappa shape index (κ3) is 5.98. The number of aromatic nitrogens is 2. The standard InChI is InChI=1S/C28H34N4O7/c1-5-18(2)29-25(33)17-31-22-15-24(38-4)23(37-3)14-21(22)27(35)32(28(31)36)16-19-6-8-20(9-7-19)26(34)30-10-12-39-13-11-30/h6-9,14-15,18H,5,10-13,16-17H2,1-4H3,(H,29,33)/t18-/m1/s1. The number of benzene rings is 2.